The molecule has 0 bridgehead atoms. The molecule has 1 atom stereocenters. The minimum atomic E-state index is -0.771. The molecule has 0 radical (unpaired) electrons. The van der Waals surface area contributed by atoms with Gasteiger partial charge in [-0.2, -0.15) is 0 Å². The van der Waals surface area contributed by atoms with Gasteiger partial charge in [0.05, 0.1) is 0 Å². The highest BCUT2D eigenvalue weighted by molar-refractivity contribution is 5.71. The quantitative estimate of drug-likeness (QED) is 0.0261. The Morgan fingerprint density at radius 3 is 0.814 bits per heavy atom. The van der Waals surface area contributed by atoms with E-state index in [9.17, 15) is 14.4 Å². The molecule has 0 saturated heterocycles. The minimum absolute atomic E-state index is 0.0723. The minimum Gasteiger partial charge on any atom is -0.462 e. The maximum absolute atomic E-state index is 12.8. The van der Waals surface area contributed by atoms with E-state index in [1.807, 2.05) is 0 Å². The average Bonchev–Trinajstić information content (AvgIpc) is 3.36. The maximum atomic E-state index is 12.8. The molecule has 0 aromatic carbocycles. The molecule has 410 valence electrons. The van der Waals surface area contributed by atoms with Crippen LogP contribution in [0.1, 0.15) is 335 Å². The van der Waals surface area contributed by atoms with Gasteiger partial charge in [-0.3, -0.25) is 14.4 Å². The van der Waals surface area contributed by atoms with Gasteiger partial charge in [-0.25, -0.2) is 0 Å². The SMILES string of the molecule is CCCCCC/C=C\C/C=C\CCCCCCCCCC(=O)OC(COC(=O)CCCCCCC)COC(=O)CCCCCCCCCCCCCCCCCCC/C=C\CCCCCCCCCC. The smallest absolute Gasteiger partial charge is 0.306 e. The van der Waals surface area contributed by atoms with E-state index in [1.54, 1.807) is 0 Å². The summed E-state index contributed by atoms with van der Waals surface area (Å²) in [5.41, 5.74) is 0. The molecule has 0 heterocycles. The first-order valence-corrected chi connectivity index (χ1v) is 31.0. The molecule has 0 amide bonds. The van der Waals surface area contributed by atoms with Crippen molar-refractivity contribution in [2.45, 2.75) is 341 Å². The Bertz CT molecular complexity index is 1170. The fraction of sp³-hybridized carbons (Fsp3) is 0.859. The summed E-state index contributed by atoms with van der Waals surface area (Å²) in [5.74, 6) is -0.878. The molecule has 1 unspecified atom stereocenters. The molecule has 70 heavy (non-hydrogen) atoms. The summed E-state index contributed by atoms with van der Waals surface area (Å²) >= 11 is 0. The fourth-order valence-electron chi connectivity index (χ4n) is 9.18. The lowest BCUT2D eigenvalue weighted by Crippen LogP contribution is -2.30. The molecule has 0 fully saturated rings. The zero-order valence-electron chi connectivity index (χ0n) is 47.1. The topological polar surface area (TPSA) is 78.9 Å². The van der Waals surface area contributed by atoms with Crippen molar-refractivity contribution in [2.75, 3.05) is 13.2 Å². The molecule has 6 nitrogen and oxygen atoms in total. The van der Waals surface area contributed by atoms with Gasteiger partial charge in [0.25, 0.3) is 0 Å². The standard InChI is InChI=1S/C64H118O6/c1-4-7-10-13-15-17-19-21-23-25-27-28-29-30-31-32-33-34-35-36-37-39-40-42-44-46-48-51-54-57-63(66)69-60-61(59-68-62(65)56-53-50-12-9-6-3)70-64(67)58-55-52-49-47-45-43-41-38-26-24-22-20-18-16-14-11-8-5-2/h18,20,24-27,61H,4-17,19,21-23,28-60H2,1-3H3/b20-18-,26-24-,27-25-. The molecular formula is C64H118O6. The second kappa shape index (κ2) is 59.2. The van der Waals surface area contributed by atoms with E-state index < -0.39 is 6.10 Å². The van der Waals surface area contributed by atoms with Crippen LogP contribution in [0.3, 0.4) is 0 Å². The number of unbranched alkanes of at least 4 members (excludes halogenated alkanes) is 40. The molecule has 6 heteroatoms. The van der Waals surface area contributed by atoms with Crippen LogP contribution in [0.4, 0.5) is 0 Å². The molecule has 0 aromatic heterocycles. The number of carbonyl (C=O) groups is 3. The van der Waals surface area contributed by atoms with Gasteiger partial charge in [0.2, 0.25) is 0 Å². The number of carbonyl (C=O) groups excluding carboxylic acids is 3. The van der Waals surface area contributed by atoms with Crippen LogP contribution in [0, 0.1) is 0 Å². The average molecular weight is 984 g/mol. The third kappa shape index (κ3) is 56.5. The van der Waals surface area contributed by atoms with Crippen molar-refractivity contribution in [1.29, 1.82) is 0 Å². The van der Waals surface area contributed by atoms with E-state index in [2.05, 4.69) is 57.2 Å². The van der Waals surface area contributed by atoms with E-state index >= 15 is 0 Å². The third-order valence-corrected chi connectivity index (χ3v) is 13.9. The van der Waals surface area contributed by atoms with E-state index in [0.717, 1.165) is 77.0 Å². The van der Waals surface area contributed by atoms with Crippen molar-refractivity contribution in [1.82, 2.24) is 0 Å². The summed E-state index contributed by atoms with van der Waals surface area (Å²) in [6, 6.07) is 0. The van der Waals surface area contributed by atoms with Crippen LogP contribution in [-0.2, 0) is 28.6 Å². The predicted molar refractivity (Wildman–Crippen MR) is 302 cm³/mol. The molecule has 0 aliphatic rings. The Morgan fingerprint density at radius 2 is 0.514 bits per heavy atom. The molecule has 0 saturated carbocycles. The monoisotopic (exact) mass is 983 g/mol. The molecular weight excluding hydrogens is 865 g/mol. The van der Waals surface area contributed by atoms with Crippen LogP contribution in [0.25, 0.3) is 0 Å². The number of ether oxygens (including phenoxy) is 3. The van der Waals surface area contributed by atoms with Crippen molar-refractivity contribution in [3.63, 3.8) is 0 Å². The van der Waals surface area contributed by atoms with Gasteiger partial charge in [-0.05, 0) is 77.0 Å². The normalized spacial score (nSPS) is 12.2. The Morgan fingerprint density at radius 1 is 0.286 bits per heavy atom. The molecule has 0 N–H and O–H groups in total. The number of esters is 3. The largest absolute Gasteiger partial charge is 0.462 e. The van der Waals surface area contributed by atoms with Crippen LogP contribution in [0.15, 0.2) is 36.5 Å². The van der Waals surface area contributed by atoms with Crippen molar-refractivity contribution >= 4 is 17.9 Å². The Balaban J connectivity index is 3.97. The first kappa shape index (κ1) is 67.6. The predicted octanol–water partition coefficient (Wildman–Crippen LogP) is 20.8. The van der Waals surface area contributed by atoms with Crippen molar-refractivity contribution in [2.24, 2.45) is 0 Å². The van der Waals surface area contributed by atoms with E-state index in [0.29, 0.717) is 19.3 Å². The van der Waals surface area contributed by atoms with Crippen LogP contribution in [0.2, 0.25) is 0 Å². The van der Waals surface area contributed by atoms with Crippen LogP contribution < -0.4 is 0 Å². The van der Waals surface area contributed by atoms with Gasteiger partial charge < -0.3 is 14.2 Å². The molecule has 0 spiro atoms. The summed E-state index contributed by atoms with van der Waals surface area (Å²) in [6.07, 6.45) is 72.1. The first-order chi connectivity index (χ1) is 34.5. The number of allylic oxidation sites excluding steroid dienone is 6. The second-order valence-corrected chi connectivity index (χ2v) is 21.0. The summed E-state index contributed by atoms with van der Waals surface area (Å²) < 4.78 is 16.7. The summed E-state index contributed by atoms with van der Waals surface area (Å²) in [5, 5.41) is 0. The Kier molecular flexibility index (Phi) is 57.2. The van der Waals surface area contributed by atoms with Crippen molar-refractivity contribution in [3.8, 4) is 0 Å². The zero-order chi connectivity index (χ0) is 50.7. The van der Waals surface area contributed by atoms with E-state index in [4.69, 9.17) is 14.2 Å². The summed E-state index contributed by atoms with van der Waals surface area (Å²) in [7, 11) is 0. The van der Waals surface area contributed by atoms with Crippen LogP contribution in [0.5, 0.6) is 0 Å². The Labute approximate surface area is 435 Å². The lowest BCUT2D eigenvalue weighted by molar-refractivity contribution is -0.167. The number of hydrogen-bond donors (Lipinski definition) is 0. The maximum Gasteiger partial charge on any atom is 0.306 e. The van der Waals surface area contributed by atoms with Gasteiger partial charge in [0.15, 0.2) is 6.10 Å². The fourth-order valence-corrected chi connectivity index (χ4v) is 9.18. The zero-order valence-corrected chi connectivity index (χ0v) is 47.1. The summed E-state index contributed by atoms with van der Waals surface area (Å²) in [4.78, 5) is 37.8. The highest BCUT2D eigenvalue weighted by Gasteiger charge is 2.19. The van der Waals surface area contributed by atoms with Crippen molar-refractivity contribution < 1.29 is 28.6 Å². The van der Waals surface area contributed by atoms with Gasteiger partial charge in [-0.15, -0.1) is 0 Å². The van der Waals surface area contributed by atoms with Crippen molar-refractivity contribution in [3.05, 3.63) is 36.5 Å². The van der Waals surface area contributed by atoms with E-state index in [-0.39, 0.29) is 31.1 Å². The molecule has 0 rings (SSSR count). The third-order valence-electron chi connectivity index (χ3n) is 13.9. The molecule has 0 aliphatic heterocycles. The lowest BCUT2D eigenvalue weighted by Gasteiger charge is -2.18. The molecule has 0 aliphatic carbocycles. The van der Waals surface area contributed by atoms with Gasteiger partial charge in [-0.1, -0.05) is 276 Å². The van der Waals surface area contributed by atoms with Gasteiger partial charge >= 0.3 is 17.9 Å². The van der Waals surface area contributed by atoms with Crippen LogP contribution >= 0.6 is 0 Å². The number of hydrogen-bond acceptors (Lipinski definition) is 6. The second-order valence-electron chi connectivity index (χ2n) is 21.0. The Hall–Kier alpha value is -2.37. The summed E-state index contributed by atoms with van der Waals surface area (Å²) in [6.45, 7) is 6.57. The first-order valence-electron chi connectivity index (χ1n) is 31.0. The highest BCUT2D eigenvalue weighted by atomic mass is 16.6. The van der Waals surface area contributed by atoms with Gasteiger partial charge in [0.1, 0.15) is 13.2 Å². The van der Waals surface area contributed by atoms with Crippen LogP contribution in [-0.4, -0.2) is 37.2 Å². The lowest BCUT2D eigenvalue weighted by atomic mass is 10.0. The highest BCUT2D eigenvalue weighted by Crippen LogP contribution is 2.17. The van der Waals surface area contributed by atoms with E-state index in [1.165, 1.54) is 218 Å². The molecule has 0 aromatic rings. The number of rotatable bonds is 57. The van der Waals surface area contributed by atoms with Gasteiger partial charge in [0, 0.05) is 19.3 Å².